The number of ether oxygens (including phenoxy) is 1. The highest BCUT2D eigenvalue weighted by Gasteiger charge is 2.46. The summed E-state index contributed by atoms with van der Waals surface area (Å²) in [6.45, 7) is 2.19. The fourth-order valence-electron chi connectivity index (χ4n) is 3.71. The average molecular weight is 444 g/mol. The lowest BCUT2D eigenvalue weighted by atomic mass is 9.87. The molecule has 144 valence electrons. The van der Waals surface area contributed by atoms with E-state index in [1.165, 1.54) is 12.3 Å². The molecule has 2 bridgehead atoms. The summed E-state index contributed by atoms with van der Waals surface area (Å²) < 4.78 is 43.8. The highest BCUT2D eigenvalue weighted by molar-refractivity contribution is 9.10. The molecule has 0 amide bonds. The van der Waals surface area contributed by atoms with Crippen LogP contribution in [0.1, 0.15) is 17.7 Å². The minimum Gasteiger partial charge on any atom is -0.480 e. The van der Waals surface area contributed by atoms with E-state index in [9.17, 15) is 13.2 Å². The van der Waals surface area contributed by atoms with Crippen molar-refractivity contribution in [3.05, 3.63) is 40.3 Å². The van der Waals surface area contributed by atoms with Gasteiger partial charge in [0.2, 0.25) is 11.8 Å². The van der Waals surface area contributed by atoms with Gasteiger partial charge in [0.25, 0.3) is 0 Å². The second-order valence-corrected chi connectivity index (χ2v) is 7.58. The molecule has 0 aliphatic carbocycles. The number of rotatable bonds is 4. The Kier molecular flexibility index (Phi) is 4.71. The summed E-state index contributed by atoms with van der Waals surface area (Å²) in [5.74, 6) is 1.14. The average Bonchev–Trinajstić information content (AvgIpc) is 2.63. The molecule has 2 aromatic rings. The Balaban J connectivity index is 1.40. The maximum atomic E-state index is 12.6. The van der Waals surface area contributed by atoms with E-state index in [-0.39, 0.29) is 12.1 Å². The number of hydrogen-bond donors (Lipinski definition) is 0. The van der Waals surface area contributed by atoms with Crippen molar-refractivity contribution < 1.29 is 17.9 Å². The molecule has 2 aromatic heterocycles. The molecule has 3 fully saturated rings. The van der Waals surface area contributed by atoms with Gasteiger partial charge in [-0.15, -0.1) is 0 Å². The first-order chi connectivity index (χ1) is 12.8. The number of methoxy groups -OCH3 is 1. The van der Waals surface area contributed by atoms with Crippen molar-refractivity contribution in [3.63, 3.8) is 0 Å². The van der Waals surface area contributed by atoms with Gasteiger partial charge in [0.15, 0.2) is 0 Å². The summed E-state index contributed by atoms with van der Waals surface area (Å²) in [5, 5.41) is 0. The second kappa shape index (κ2) is 6.90. The van der Waals surface area contributed by atoms with Crippen LogP contribution in [0.25, 0.3) is 0 Å². The third-order valence-electron chi connectivity index (χ3n) is 4.91. The normalized spacial score (nSPS) is 22.5. The summed E-state index contributed by atoms with van der Waals surface area (Å²) in [4.78, 5) is 16.8. The van der Waals surface area contributed by atoms with Gasteiger partial charge in [-0.2, -0.15) is 18.2 Å². The molecular formula is C17H17BrF3N5O. The van der Waals surface area contributed by atoms with Crippen LogP contribution in [0.4, 0.5) is 19.1 Å². The van der Waals surface area contributed by atoms with E-state index in [1.54, 1.807) is 13.3 Å². The van der Waals surface area contributed by atoms with Gasteiger partial charge < -0.3 is 9.64 Å². The van der Waals surface area contributed by atoms with E-state index >= 15 is 0 Å². The van der Waals surface area contributed by atoms with Gasteiger partial charge in [0.1, 0.15) is 5.69 Å². The molecule has 5 heterocycles. The van der Waals surface area contributed by atoms with E-state index in [1.807, 2.05) is 0 Å². The number of anilines is 1. The molecule has 2 unspecified atom stereocenters. The Bertz CT molecular complexity index is 820. The number of piperidine rings is 1. The van der Waals surface area contributed by atoms with Crippen LogP contribution < -0.4 is 9.64 Å². The van der Waals surface area contributed by atoms with Crippen LogP contribution in [-0.2, 0) is 12.7 Å². The smallest absolute Gasteiger partial charge is 0.433 e. The van der Waals surface area contributed by atoms with Crippen molar-refractivity contribution in [2.45, 2.75) is 31.2 Å². The molecule has 0 saturated carbocycles. The second-order valence-electron chi connectivity index (χ2n) is 6.72. The van der Waals surface area contributed by atoms with Crippen molar-refractivity contribution in [1.82, 2.24) is 19.9 Å². The number of fused-ring (bicyclic) bond motifs is 2. The van der Waals surface area contributed by atoms with Crippen molar-refractivity contribution in [1.29, 1.82) is 0 Å². The fourth-order valence-corrected chi connectivity index (χ4v) is 4.06. The van der Waals surface area contributed by atoms with Gasteiger partial charge in [-0.05, 0) is 34.0 Å². The van der Waals surface area contributed by atoms with Crippen LogP contribution in [-0.4, -0.2) is 52.1 Å². The minimum atomic E-state index is -4.41. The Hall–Kier alpha value is -1.94. The lowest BCUT2D eigenvalue weighted by Crippen LogP contribution is -2.69. The molecule has 0 N–H and O–H groups in total. The number of alkyl halides is 3. The largest absolute Gasteiger partial charge is 0.480 e. The van der Waals surface area contributed by atoms with Crippen molar-refractivity contribution in [2.75, 3.05) is 25.1 Å². The SMILES string of the molecule is COc1nc(N2C3CC2CN(Cc2ccc(C(F)(F)F)nc2)C3)ncc1Br. The summed E-state index contributed by atoms with van der Waals surface area (Å²) in [5.41, 5.74) is -0.0855. The Morgan fingerprint density at radius 1 is 1.19 bits per heavy atom. The predicted molar refractivity (Wildman–Crippen MR) is 95.5 cm³/mol. The van der Waals surface area contributed by atoms with E-state index < -0.39 is 11.9 Å². The summed E-state index contributed by atoms with van der Waals surface area (Å²) in [6, 6.07) is 3.11. The molecule has 0 radical (unpaired) electrons. The molecule has 2 atom stereocenters. The van der Waals surface area contributed by atoms with Gasteiger partial charge in [-0.25, -0.2) is 4.98 Å². The number of nitrogens with zero attached hydrogens (tertiary/aromatic N) is 5. The first-order valence-electron chi connectivity index (χ1n) is 8.44. The zero-order valence-electron chi connectivity index (χ0n) is 14.4. The summed E-state index contributed by atoms with van der Waals surface area (Å²) >= 11 is 3.35. The Morgan fingerprint density at radius 3 is 2.52 bits per heavy atom. The zero-order chi connectivity index (χ0) is 19.2. The monoisotopic (exact) mass is 443 g/mol. The molecule has 5 rings (SSSR count). The van der Waals surface area contributed by atoms with Crippen LogP contribution in [0.3, 0.4) is 0 Å². The molecule has 10 heteroatoms. The quantitative estimate of drug-likeness (QED) is 0.723. The molecule has 27 heavy (non-hydrogen) atoms. The first kappa shape index (κ1) is 18.4. The number of piperazine rings is 1. The van der Waals surface area contributed by atoms with Crippen LogP contribution in [0.5, 0.6) is 5.88 Å². The topological polar surface area (TPSA) is 54.4 Å². The van der Waals surface area contributed by atoms with Gasteiger partial charge in [0.05, 0.1) is 17.8 Å². The van der Waals surface area contributed by atoms with Crippen LogP contribution in [0, 0.1) is 0 Å². The predicted octanol–water partition coefficient (Wildman–Crippen LogP) is 3.12. The van der Waals surface area contributed by atoms with Crippen molar-refractivity contribution in [2.24, 2.45) is 0 Å². The van der Waals surface area contributed by atoms with E-state index in [0.717, 1.165) is 31.1 Å². The molecule has 0 spiro atoms. The van der Waals surface area contributed by atoms with E-state index in [4.69, 9.17) is 4.74 Å². The van der Waals surface area contributed by atoms with Gasteiger partial charge in [0, 0.05) is 37.9 Å². The molecule has 6 nitrogen and oxygen atoms in total. The van der Waals surface area contributed by atoms with Gasteiger partial charge in [-0.3, -0.25) is 9.88 Å². The molecule has 3 aliphatic heterocycles. The number of hydrogen-bond acceptors (Lipinski definition) is 6. The highest BCUT2D eigenvalue weighted by Crippen LogP contribution is 2.37. The standard InChI is InChI=1S/C17H17BrF3N5O/c1-27-15-13(18)6-23-16(24-15)26-11-4-12(26)9-25(8-11)7-10-2-3-14(22-5-10)17(19,20)21/h2-3,5-6,11-12H,4,7-9H2,1H3. The van der Waals surface area contributed by atoms with Gasteiger partial charge >= 0.3 is 6.18 Å². The fraction of sp³-hybridized carbons (Fsp3) is 0.471. The van der Waals surface area contributed by atoms with Crippen LogP contribution in [0.15, 0.2) is 29.0 Å². The third kappa shape index (κ3) is 3.60. The zero-order valence-corrected chi connectivity index (χ0v) is 16.0. The first-order valence-corrected chi connectivity index (χ1v) is 9.24. The minimum absolute atomic E-state index is 0.289. The lowest BCUT2D eigenvalue weighted by molar-refractivity contribution is -0.141. The Morgan fingerprint density at radius 2 is 1.93 bits per heavy atom. The maximum absolute atomic E-state index is 12.6. The van der Waals surface area contributed by atoms with Gasteiger partial charge in [-0.1, -0.05) is 6.07 Å². The third-order valence-corrected chi connectivity index (χ3v) is 5.46. The highest BCUT2D eigenvalue weighted by atomic mass is 79.9. The maximum Gasteiger partial charge on any atom is 0.433 e. The molecule has 3 saturated heterocycles. The van der Waals surface area contributed by atoms with Crippen molar-refractivity contribution in [3.8, 4) is 5.88 Å². The van der Waals surface area contributed by atoms with Crippen molar-refractivity contribution >= 4 is 21.9 Å². The summed E-state index contributed by atoms with van der Waals surface area (Å²) in [7, 11) is 1.56. The van der Waals surface area contributed by atoms with Crippen LogP contribution in [0.2, 0.25) is 0 Å². The number of pyridine rings is 1. The van der Waals surface area contributed by atoms with Crippen LogP contribution >= 0.6 is 15.9 Å². The lowest BCUT2D eigenvalue weighted by Gasteiger charge is -2.56. The van der Waals surface area contributed by atoms with E-state index in [2.05, 4.69) is 40.7 Å². The van der Waals surface area contributed by atoms with E-state index in [0.29, 0.717) is 22.8 Å². The summed E-state index contributed by atoms with van der Waals surface area (Å²) in [6.07, 6.45) is -0.356. The Labute approximate surface area is 162 Å². The molecule has 3 aliphatic rings. The number of halogens is 4. The molecule has 0 aromatic carbocycles. The molecular weight excluding hydrogens is 427 g/mol. The number of aromatic nitrogens is 3.